The van der Waals surface area contributed by atoms with Crippen LogP contribution in [0.1, 0.15) is 16.7 Å². The molecule has 0 unspecified atom stereocenters. The Morgan fingerprint density at radius 2 is 1.31 bits per heavy atom. The Hall–Kier alpha value is -4.44. The van der Waals surface area contributed by atoms with Crippen LogP contribution in [0.2, 0.25) is 0 Å². The molecule has 168 valence electrons. The highest BCUT2D eigenvalue weighted by molar-refractivity contribution is 6.12. The topological polar surface area (TPSA) is 51.6 Å². The standard InChI is InChI=1S/C31H24N4/c1-19-7-8-24-25(11-19)27(15-29-26(24)12-21(3)16-34-29)31-18-32-17-30(35-31)23-6-4-5-22(14-23)28-13-20(2)9-10-33-28/h4-18H,1-3H3. The minimum absolute atomic E-state index is 0.828. The number of aromatic nitrogens is 4. The van der Waals surface area contributed by atoms with Crippen LogP contribution in [-0.4, -0.2) is 19.9 Å². The molecule has 0 N–H and O–H groups in total. The maximum absolute atomic E-state index is 5.06. The van der Waals surface area contributed by atoms with Gasteiger partial charge in [-0.25, -0.2) is 4.98 Å². The van der Waals surface area contributed by atoms with Gasteiger partial charge in [0, 0.05) is 34.5 Å². The largest absolute Gasteiger partial charge is 0.260 e. The van der Waals surface area contributed by atoms with Crippen LogP contribution in [0.4, 0.5) is 0 Å². The van der Waals surface area contributed by atoms with Crippen LogP contribution in [-0.2, 0) is 0 Å². The molecule has 6 rings (SSSR count). The highest BCUT2D eigenvalue weighted by atomic mass is 14.8. The first-order valence-corrected chi connectivity index (χ1v) is 11.7. The first-order chi connectivity index (χ1) is 17.0. The van der Waals surface area contributed by atoms with Crippen molar-refractivity contribution in [3.8, 4) is 33.8 Å². The molecule has 0 aliphatic rings. The van der Waals surface area contributed by atoms with E-state index in [0.717, 1.165) is 55.6 Å². The van der Waals surface area contributed by atoms with E-state index in [-0.39, 0.29) is 0 Å². The van der Waals surface area contributed by atoms with Crippen molar-refractivity contribution >= 4 is 21.7 Å². The molecule has 0 spiro atoms. The molecular weight excluding hydrogens is 428 g/mol. The van der Waals surface area contributed by atoms with Crippen LogP contribution < -0.4 is 0 Å². The molecular formula is C31H24N4. The number of pyridine rings is 2. The van der Waals surface area contributed by atoms with Crippen LogP contribution >= 0.6 is 0 Å². The van der Waals surface area contributed by atoms with E-state index in [1.54, 1.807) is 0 Å². The molecule has 0 atom stereocenters. The number of hydrogen-bond acceptors (Lipinski definition) is 4. The summed E-state index contributed by atoms with van der Waals surface area (Å²) in [6.45, 7) is 6.28. The fourth-order valence-electron chi connectivity index (χ4n) is 4.62. The van der Waals surface area contributed by atoms with Crippen molar-refractivity contribution in [3.63, 3.8) is 0 Å². The van der Waals surface area contributed by atoms with Gasteiger partial charge in [0.25, 0.3) is 0 Å². The summed E-state index contributed by atoms with van der Waals surface area (Å²) in [5.41, 5.74) is 10.2. The van der Waals surface area contributed by atoms with Gasteiger partial charge in [-0.3, -0.25) is 15.0 Å². The van der Waals surface area contributed by atoms with Gasteiger partial charge in [-0.1, -0.05) is 42.0 Å². The lowest BCUT2D eigenvalue weighted by atomic mass is 9.96. The van der Waals surface area contributed by atoms with Gasteiger partial charge in [-0.2, -0.15) is 0 Å². The molecule has 0 saturated heterocycles. The molecule has 0 bridgehead atoms. The smallest absolute Gasteiger partial charge is 0.0899 e. The molecule has 4 nitrogen and oxygen atoms in total. The molecule has 0 aliphatic carbocycles. The van der Waals surface area contributed by atoms with Gasteiger partial charge in [0.15, 0.2) is 0 Å². The Balaban J connectivity index is 1.52. The van der Waals surface area contributed by atoms with E-state index in [4.69, 9.17) is 9.97 Å². The summed E-state index contributed by atoms with van der Waals surface area (Å²) < 4.78 is 0. The Morgan fingerprint density at radius 3 is 2.17 bits per heavy atom. The van der Waals surface area contributed by atoms with Gasteiger partial charge in [-0.05, 0) is 73.0 Å². The van der Waals surface area contributed by atoms with Crippen molar-refractivity contribution < 1.29 is 0 Å². The molecule has 4 heteroatoms. The number of hydrogen-bond donors (Lipinski definition) is 0. The second-order valence-corrected chi connectivity index (χ2v) is 9.14. The Labute approximate surface area is 204 Å². The minimum atomic E-state index is 0.828. The van der Waals surface area contributed by atoms with Crippen LogP contribution in [0.5, 0.6) is 0 Å². The van der Waals surface area contributed by atoms with Crippen LogP contribution in [0, 0.1) is 20.8 Å². The van der Waals surface area contributed by atoms with E-state index < -0.39 is 0 Å². The van der Waals surface area contributed by atoms with Crippen LogP contribution in [0.15, 0.2) is 91.5 Å². The number of nitrogens with zero attached hydrogens (tertiary/aromatic N) is 4. The summed E-state index contributed by atoms with van der Waals surface area (Å²) in [6.07, 6.45) is 7.42. The average molecular weight is 453 g/mol. The summed E-state index contributed by atoms with van der Waals surface area (Å²) in [5, 5.41) is 3.50. The van der Waals surface area contributed by atoms with E-state index >= 15 is 0 Å². The normalized spacial score (nSPS) is 11.3. The van der Waals surface area contributed by atoms with E-state index in [2.05, 4.69) is 85.3 Å². The molecule has 35 heavy (non-hydrogen) atoms. The summed E-state index contributed by atoms with van der Waals surface area (Å²) >= 11 is 0. The van der Waals surface area contributed by atoms with E-state index in [1.165, 1.54) is 16.5 Å². The highest BCUT2D eigenvalue weighted by Gasteiger charge is 2.13. The number of fused-ring (bicyclic) bond motifs is 3. The summed E-state index contributed by atoms with van der Waals surface area (Å²) in [6, 6.07) is 23.3. The molecule has 0 fully saturated rings. The van der Waals surface area contributed by atoms with E-state index in [9.17, 15) is 0 Å². The molecule has 3 heterocycles. The first kappa shape index (κ1) is 21.1. The lowest BCUT2D eigenvalue weighted by Gasteiger charge is -2.12. The lowest BCUT2D eigenvalue weighted by Crippen LogP contribution is -1.94. The van der Waals surface area contributed by atoms with Crippen molar-refractivity contribution in [2.45, 2.75) is 20.8 Å². The van der Waals surface area contributed by atoms with Crippen molar-refractivity contribution in [2.75, 3.05) is 0 Å². The summed E-state index contributed by atoms with van der Waals surface area (Å²) in [7, 11) is 0. The van der Waals surface area contributed by atoms with Gasteiger partial charge < -0.3 is 0 Å². The summed E-state index contributed by atoms with van der Waals surface area (Å²) in [5.74, 6) is 0. The first-order valence-electron chi connectivity index (χ1n) is 11.7. The molecule has 3 aromatic heterocycles. The monoisotopic (exact) mass is 452 g/mol. The van der Waals surface area contributed by atoms with Crippen LogP contribution in [0.3, 0.4) is 0 Å². The molecule has 0 radical (unpaired) electrons. The quantitative estimate of drug-likeness (QED) is 0.261. The van der Waals surface area contributed by atoms with Gasteiger partial charge in [0.2, 0.25) is 0 Å². The summed E-state index contributed by atoms with van der Waals surface area (Å²) in [4.78, 5) is 18.9. The predicted molar refractivity (Wildman–Crippen MR) is 143 cm³/mol. The number of benzene rings is 3. The van der Waals surface area contributed by atoms with Gasteiger partial charge >= 0.3 is 0 Å². The fourth-order valence-corrected chi connectivity index (χ4v) is 4.62. The van der Waals surface area contributed by atoms with Crippen molar-refractivity contribution in [2.24, 2.45) is 0 Å². The molecule has 3 aromatic carbocycles. The zero-order valence-electron chi connectivity index (χ0n) is 19.9. The molecule has 6 aromatic rings. The van der Waals surface area contributed by atoms with Gasteiger partial charge in [0.05, 0.1) is 35.0 Å². The van der Waals surface area contributed by atoms with Crippen LogP contribution in [0.25, 0.3) is 55.4 Å². The zero-order valence-corrected chi connectivity index (χ0v) is 19.9. The third kappa shape index (κ3) is 3.93. The third-order valence-electron chi connectivity index (χ3n) is 6.37. The Morgan fingerprint density at radius 1 is 0.543 bits per heavy atom. The maximum Gasteiger partial charge on any atom is 0.0899 e. The lowest BCUT2D eigenvalue weighted by molar-refractivity contribution is 1.21. The molecule has 0 aliphatic heterocycles. The van der Waals surface area contributed by atoms with Crippen molar-refractivity contribution in [3.05, 3.63) is 108 Å². The third-order valence-corrected chi connectivity index (χ3v) is 6.37. The number of rotatable bonds is 3. The number of aryl methyl sites for hydroxylation is 3. The predicted octanol–water partition coefficient (Wildman–Crippen LogP) is 7.50. The molecule has 0 saturated carbocycles. The van der Waals surface area contributed by atoms with E-state index in [1.807, 2.05) is 36.9 Å². The second-order valence-electron chi connectivity index (χ2n) is 9.14. The van der Waals surface area contributed by atoms with Crippen molar-refractivity contribution in [1.29, 1.82) is 0 Å². The van der Waals surface area contributed by atoms with Gasteiger partial charge in [-0.15, -0.1) is 0 Å². The maximum atomic E-state index is 5.06. The zero-order chi connectivity index (χ0) is 23.9. The highest BCUT2D eigenvalue weighted by Crippen LogP contribution is 2.35. The minimum Gasteiger partial charge on any atom is -0.260 e. The Bertz CT molecular complexity index is 1740. The molecule has 0 amide bonds. The van der Waals surface area contributed by atoms with Gasteiger partial charge in [0.1, 0.15) is 0 Å². The van der Waals surface area contributed by atoms with E-state index in [0.29, 0.717) is 0 Å². The fraction of sp³-hybridized carbons (Fsp3) is 0.0968. The average Bonchev–Trinajstić information content (AvgIpc) is 2.88. The Kier molecular flexibility index (Phi) is 5.07. The SMILES string of the molecule is Cc1ccnc(-c2cccc(-c3cncc(-c4cc5ncc(C)cc5c5ccc(C)cc45)n3)c2)c1. The van der Waals surface area contributed by atoms with Crippen molar-refractivity contribution in [1.82, 2.24) is 19.9 Å². The second kappa shape index (κ2) is 8.41.